The molecule has 0 bridgehead atoms. The molecule has 2 N–H and O–H groups in total. The van der Waals surface area contributed by atoms with E-state index in [0.29, 0.717) is 6.54 Å². The van der Waals surface area contributed by atoms with Gasteiger partial charge in [0.1, 0.15) is 6.61 Å². The molecule has 0 rings (SSSR count). The van der Waals surface area contributed by atoms with Crippen molar-refractivity contribution in [1.29, 1.82) is 0 Å². The summed E-state index contributed by atoms with van der Waals surface area (Å²) < 4.78 is 0. The monoisotopic (exact) mass is 133 g/mol. The Labute approximate surface area is 53.8 Å². The van der Waals surface area contributed by atoms with E-state index < -0.39 is 12.6 Å². The Balaban J connectivity index is 2.97. The molecule has 4 heteroatoms. The molecule has 0 aromatic carbocycles. The van der Waals surface area contributed by atoms with Crippen LogP contribution in [-0.2, 0) is 9.63 Å². The molecule has 0 saturated heterocycles. The summed E-state index contributed by atoms with van der Waals surface area (Å²) in [6, 6.07) is 0. The highest BCUT2D eigenvalue weighted by molar-refractivity contribution is 5.69. The number of nitrogens with one attached hydrogen (secondary N) is 1. The Kier molecular flexibility index (Phi) is 5.15. The minimum absolute atomic E-state index is 0.573. The molecule has 0 aromatic rings. The topological polar surface area (TPSA) is 58.6 Å². The van der Waals surface area contributed by atoms with Crippen LogP contribution in [0.2, 0.25) is 0 Å². The van der Waals surface area contributed by atoms with Crippen molar-refractivity contribution in [3.05, 3.63) is 0 Å². The zero-order chi connectivity index (χ0) is 7.11. The molecule has 0 aliphatic heterocycles. The van der Waals surface area contributed by atoms with Gasteiger partial charge in [-0.25, -0.2) is 4.79 Å². The van der Waals surface area contributed by atoms with Crippen molar-refractivity contribution in [2.45, 2.75) is 13.3 Å². The molecule has 0 aromatic heterocycles. The normalized spacial score (nSPS) is 9.11. The van der Waals surface area contributed by atoms with Crippen molar-refractivity contribution in [3.8, 4) is 0 Å². The van der Waals surface area contributed by atoms with Crippen molar-refractivity contribution in [2.24, 2.45) is 0 Å². The molecule has 0 radical (unpaired) electrons. The van der Waals surface area contributed by atoms with Gasteiger partial charge < -0.3 is 9.94 Å². The van der Waals surface area contributed by atoms with Crippen molar-refractivity contribution in [3.63, 3.8) is 0 Å². The zero-order valence-corrected chi connectivity index (χ0v) is 5.39. The fourth-order valence-corrected chi connectivity index (χ4v) is 0.266. The van der Waals surface area contributed by atoms with Crippen molar-refractivity contribution in [2.75, 3.05) is 13.2 Å². The van der Waals surface area contributed by atoms with Crippen LogP contribution in [0.5, 0.6) is 0 Å². The number of aliphatic hydroxyl groups excluding tert-OH is 1. The van der Waals surface area contributed by atoms with Gasteiger partial charge in [0.05, 0.1) is 0 Å². The fraction of sp³-hybridized carbons (Fsp3) is 0.800. The lowest BCUT2D eigenvalue weighted by atomic mass is 10.5. The van der Waals surface area contributed by atoms with Gasteiger partial charge in [0, 0.05) is 6.54 Å². The molecule has 9 heavy (non-hydrogen) atoms. The molecular formula is C5H11NO3. The summed E-state index contributed by atoms with van der Waals surface area (Å²) in [4.78, 5) is 14.4. The first-order chi connectivity index (χ1) is 4.31. The predicted octanol–water partition coefficient (Wildman–Crippen LogP) is -0.564. The van der Waals surface area contributed by atoms with Crippen molar-refractivity contribution >= 4 is 5.97 Å². The molecule has 0 aliphatic rings. The van der Waals surface area contributed by atoms with Crippen molar-refractivity contribution < 1.29 is 14.7 Å². The summed E-state index contributed by atoms with van der Waals surface area (Å²) in [5.74, 6) is -0.650. The molecule has 0 amide bonds. The lowest BCUT2D eigenvalue weighted by Crippen LogP contribution is -2.22. The van der Waals surface area contributed by atoms with Crippen LogP contribution in [0.25, 0.3) is 0 Å². The lowest BCUT2D eigenvalue weighted by molar-refractivity contribution is -0.154. The van der Waals surface area contributed by atoms with Gasteiger partial charge in [-0.2, -0.15) is 5.48 Å². The first kappa shape index (κ1) is 8.39. The van der Waals surface area contributed by atoms with E-state index in [-0.39, 0.29) is 0 Å². The zero-order valence-electron chi connectivity index (χ0n) is 5.39. The molecular weight excluding hydrogens is 122 g/mol. The SMILES string of the molecule is CCCNOC(=O)CO. The Morgan fingerprint density at radius 1 is 1.78 bits per heavy atom. The number of hydroxylamine groups is 1. The second-order valence-corrected chi connectivity index (χ2v) is 1.53. The first-order valence-electron chi connectivity index (χ1n) is 2.84. The van der Waals surface area contributed by atoms with Gasteiger partial charge in [-0.3, -0.25) is 0 Å². The van der Waals surface area contributed by atoms with E-state index in [2.05, 4.69) is 10.3 Å². The summed E-state index contributed by atoms with van der Waals surface area (Å²) >= 11 is 0. The predicted molar refractivity (Wildman–Crippen MR) is 31.5 cm³/mol. The number of carbonyl (C=O) groups is 1. The minimum Gasteiger partial charge on any atom is -0.385 e. The summed E-state index contributed by atoms with van der Waals surface area (Å²) in [7, 11) is 0. The van der Waals surface area contributed by atoms with Gasteiger partial charge in [-0.15, -0.1) is 0 Å². The number of aliphatic hydroxyl groups is 1. The highest BCUT2D eigenvalue weighted by Crippen LogP contribution is 1.72. The molecule has 0 aliphatic carbocycles. The third-order valence-corrected chi connectivity index (χ3v) is 0.667. The summed E-state index contributed by atoms with van der Waals surface area (Å²) in [5, 5.41) is 8.12. The van der Waals surface area contributed by atoms with Crippen LogP contribution in [0.4, 0.5) is 0 Å². The highest BCUT2D eigenvalue weighted by Gasteiger charge is 1.95. The summed E-state index contributed by atoms with van der Waals surface area (Å²) in [5.41, 5.74) is 2.38. The Hall–Kier alpha value is -0.610. The number of hydrogen-bond acceptors (Lipinski definition) is 4. The lowest BCUT2D eigenvalue weighted by Gasteiger charge is -2.00. The number of rotatable bonds is 4. The van der Waals surface area contributed by atoms with Crippen LogP contribution in [0.15, 0.2) is 0 Å². The van der Waals surface area contributed by atoms with Crippen LogP contribution in [-0.4, -0.2) is 24.2 Å². The van der Waals surface area contributed by atoms with Gasteiger partial charge in [0.25, 0.3) is 0 Å². The molecule has 4 nitrogen and oxygen atoms in total. The van der Waals surface area contributed by atoms with Gasteiger partial charge in [0.15, 0.2) is 0 Å². The summed E-state index contributed by atoms with van der Waals surface area (Å²) in [6.45, 7) is 1.99. The Morgan fingerprint density at radius 3 is 2.89 bits per heavy atom. The van der Waals surface area contributed by atoms with Crippen LogP contribution < -0.4 is 5.48 Å². The average Bonchev–Trinajstić information content (AvgIpc) is 1.89. The van der Waals surface area contributed by atoms with Crippen LogP contribution in [0, 0.1) is 0 Å². The third kappa shape index (κ3) is 5.26. The number of hydrogen-bond donors (Lipinski definition) is 2. The fourth-order valence-electron chi connectivity index (χ4n) is 0.266. The second kappa shape index (κ2) is 5.53. The third-order valence-electron chi connectivity index (χ3n) is 0.667. The molecule has 54 valence electrons. The molecule has 0 fully saturated rings. The largest absolute Gasteiger partial charge is 0.385 e. The van der Waals surface area contributed by atoms with E-state index in [9.17, 15) is 4.79 Å². The Bertz CT molecular complexity index is 84.3. The quantitative estimate of drug-likeness (QED) is 0.398. The van der Waals surface area contributed by atoms with E-state index >= 15 is 0 Å². The van der Waals surface area contributed by atoms with E-state index in [1.165, 1.54) is 0 Å². The van der Waals surface area contributed by atoms with E-state index in [4.69, 9.17) is 5.11 Å². The maximum Gasteiger partial charge on any atom is 0.350 e. The second-order valence-electron chi connectivity index (χ2n) is 1.53. The average molecular weight is 133 g/mol. The maximum atomic E-state index is 10.2. The smallest absolute Gasteiger partial charge is 0.350 e. The van der Waals surface area contributed by atoms with Crippen LogP contribution in [0.1, 0.15) is 13.3 Å². The molecule has 0 spiro atoms. The van der Waals surface area contributed by atoms with Gasteiger partial charge in [-0.05, 0) is 6.42 Å². The molecule has 0 unspecified atom stereocenters. The standard InChI is InChI=1S/C5H11NO3/c1-2-3-6-9-5(8)4-7/h6-7H,2-4H2,1H3. The number of carbonyl (C=O) groups excluding carboxylic acids is 1. The van der Waals surface area contributed by atoms with Gasteiger partial charge in [-0.1, -0.05) is 6.92 Å². The molecule has 0 saturated carbocycles. The highest BCUT2D eigenvalue weighted by atomic mass is 16.7. The van der Waals surface area contributed by atoms with Crippen LogP contribution in [0.3, 0.4) is 0 Å². The van der Waals surface area contributed by atoms with Gasteiger partial charge >= 0.3 is 5.97 Å². The molecule has 0 heterocycles. The van der Waals surface area contributed by atoms with E-state index in [0.717, 1.165) is 6.42 Å². The maximum absolute atomic E-state index is 10.2. The van der Waals surface area contributed by atoms with E-state index in [1.54, 1.807) is 0 Å². The first-order valence-corrected chi connectivity index (χ1v) is 2.84. The Morgan fingerprint density at radius 2 is 2.44 bits per heavy atom. The van der Waals surface area contributed by atoms with Crippen LogP contribution >= 0.6 is 0 Å². The van der Waals surface area contributed by atoms with Gasteiger partial charge in [0.2, 0.25) is 0 Å². The molecule has 0 atom stereocenters. The van der Waals surface area contributed by atoms with E-state index in [1.807, 2.05) is 6.92 Å². The summed E-state index contributed by atoms with van der Waals surface area (Å²) in [6.07, 6.45) is 0.888. The van der Waals surface area contributed by atoms with Crippen molar-refractivity contribution in [1.82, 2.24) is 5.48 Å². The minimum atomic E-state index is -0.650.